The maximum absolute atomic E-state index is 13.9. The molecule has 144 valence electrons. The van der Waals surface area contributed by atoms with Gasteiger partial charge in [0, 0.05) is 24.7 Å². The number of nitrogens with one attached hydrogen (secondary N) is 1. The Balaban J connectivity index is 1.54. The van der Waals surface area contributed by atoms with Crippen LogP contribution in [-0.4, -0.2) is 29.1 Å². The zero-order chi connectivity index (χ0) is 19.4. The van der Waals surface area contributed by atoms with Gasteiger partial charge in [-0.1, -0.05) is 36.4 Å². The first-order valence-electron chi connectivity index (χ1n) is 9.19. The molecule has 2 atom stereocenters. The Morgan fingerprint density at radius 2 is 1.81 bits per heavy atom. The summed E-state index contributed by atoms with van der Waals surface area (Å²) in [4.78, 5) is 14.1. The fourth-order valence-corrected chi connectivity index (χ4v) is 3.55. The molecule has 1 fully saturated rings. The molecule has 2 aromatic carbocycles. The Morgan fingerprint density at radius 1 is 1.15 bits per heavy atom. The van der Waals surface area contributed by atoms with Crippen molar-refractivity contribution in [3.05, 3.63) is 71.3 Å². The number of rotatable bonds is 4. The van der Waals surface area contributed by atoms with Crippen molar-refractivity contribution in [2.45, 2.75) is 31.9 Å². The number of likely N-dealkylation sites (tertiary alicyclic amines) is 1. The average molecular weight is 374 g/mol. The van der Waals surface area contributed by atoms with E-state index in [0.717, 1.165) is 11.6 Å². The van der Waals surface area contributed by atoms with Gasteiger partial charge in [-0.15, -0.1) is 0 Å². The topological polar surface area (TPSA) is 52.6 Å². The summed E-state index contributed by atoms with van der Waals surface area (Å²) in [7, 11) is 0. The number of aliphatic hydroxyl groups is 1. The predicted octanol–water partition coefficient (Wildman–Crippen LogP) is 4.18. The zero-order valence-corrected chi connectivity index (χ0v) is 15.2. The summed E-state index contributed by atoms with van der Waals surface area (Å²) in [6.07, 6.45) is 0.856. The van der Waals surface area contributed by atoms with E-state index in [1.54, 1.807) is 11.8 Å². The third kappa shape index (κ3) is 4.63. The van der Waals surface area contributed by atoms with Crippen LogP contribution in [0.15, 0.2) is 48.5 Å². The maximum Gasteiger partial charge on any atom is 0.317 e. The molecule has 2 amide bonds. The van der Waals surface area contributed by atoms with Crippen molar-refractivity contribution >= 4 is 6.03 Å². The van der Waals surface area contributed by atoms with Crippen molar-refractivity contribution < 1.29 is 18.7 Å². The second-order valence-corrected chi connectivity index (χ2v) is 7.02. The summed E-state index contributed by atoms with van der Waals surface area (Å²) in [5.74, 6) is -1.22. The monoisotopic (exact) mass is 374 g/mol. The zero-order valence-electron chi connectivity index (χ0n) is 15.2. The van der Waals surface area contributed by atoms with Gasteiger partial charge in [0.1, 0.15) is 11.6 Å². The van der Waals surface area contributed by atoms with Crippen molar-refractivity contribution in [3.8, 4) is 0 Å². The smallest absolute Gasteiger partial charge is 0.317 e. The van der Waals surface area contributed by atoms with Crippen LogP contribution in [0.2, 0.25) is 0 Å². The second kappa shape index (κ2) is 8.48. The number of halogens is 2. The molecule has 1 aliphatic rings. The van der Waals surface area contributed by atoms with Crippen LogP contribution in [0.3, 0.4) is 0 Å². The molecular formula is C21H24F2N2O2. The molecule has 1 aliphatic heterocycles. The van der Waals surface area contributed by atoms with E-state index in [1.165, 1.54) is 12.1 Å². The standard InChI is InChI=1S/C21H24F2N2O2/c1-14(18-8-7-17(22)13-19(18)23)24-21(27)25-11-9-16(10-12-25)20(26)15-5-3-2-4-6-15/h2-8,13-14,16,20,26H,9-12H2,1H3,(H,24,27). The van der Waals surface area contributed by atoms with Crippen LogP contribution < -0.4 is 5.32 Å². The lowest BCUT2D eigenvalue weighted by molar-refractivity contribution is 0.0662. The van der Waals surface area contributed by atoms with E-state index in [1.807, 2.05) is 30.3 Å². The fourth-order valence-electron chi connectivity index (χ4n) is 3.55. The first-order valence-corrected chi connectivity index (χ1v) is 9.19. The van der Waals surface area contributed by atoms with Crippen LogP contribution in [0.4, 0.5) is 13.6 Å². The quantitative estimate of drug-likeness (QED) is 0.844. The Labute approximate surface area is 157 Å². The van der Waals surface area contributed by atoms with E-state index in [4.69, 9.17) is 0 Å². The summed E-state index contributed by atoms with van der Waals surface area (Å²) in [6, 6.07) is 12.0. The summed E-state index contributed by atoms with van der Waals surface area (Å²) >= 11 is 0. The summed E-state index contributed by atoms with van der Waals surface area (Å²) in [5, 5.41) is 13.3. The predicted molar refractivity (Wildman–Crippen MR) is 99.0 cm³/mol. The Hall–Kier alpha value is -2.47. The number of hydrogen-bond acceptors (Lipinski definition) is 2. The number of carbonyl (C=O) groups is 1. The van der Waals surface area contributed by atoms with Gasteiger partial charge in [0.2, 0.25) is 0 Å². The van der Waals surface area contributed by atoms with E-state index >= 15 is 0 Å². The lowest BCUT2D eigenvalue weighted by Crippen LogP contribution is -2.45. The van der Waals surface area contributed by atoms with Gasteiger partial charge < -0.3 is 15.3 Å². The first kappa shape index (κ1) is 19.3. The molecule has 3 rings (SSSR count). The lowest BCUT2D eigenvalue weighted by Gasteiger charge is -2.35. The van der Waals surface area contributed by atoms with E-state index in [9.17, 15) is 18.7 Å². The largest absolute Gasteiger partial charge is 0.388 e. The molecule has 0 radical (unpaired) electrons. The highest BCUT2D eigenvalue weighted by atomic mass is 19.1. The van der Waals surface area contributed by atoms with Gasteiger partial charge >= 0.3 is 6.03 Å². The van der Waals surface area contributed by atoms with Crippen molar-refractivity contribution in [1.82, 2.24) is 10.2 Å². The van der Waals surface area contributed by atoms with Crippen LogP contribution in [0.25, 0.3) is 0 Å². The van der Waals surface area contributed by atoms with Crippen molar-refractivity contribution in [2.24, 2.45) is 5.92 Å². The van der Waals surface area contributed by atoms with Gasteiger partial charge in [-0.25, -0.2) is 13.6 Å². The molecule has 1 heterocycles. The van der Waals surface area contributed by atoms with E-state index in [2.05, 4.69) is 5.32 Å². The molecule has 2 aromatic rings. The molecule has 4 nitrogen and oxygen atoms in total. The normalized spacial score (nSPS) is 17.4. The Morgan fingerprint density at radius 3 is 2.44 bits per heavy atom. The summed E-state index contributed by atoms with van der Waals surface area (Å²) in [6.45, 7) is 2.72. The minimum atomic E-state index is -0.674. The highest BCUT2D eigenvalue weighted by Gasteiger charge is 2.29. The van der Waals surface area contributed by atoms with Gasteiger partial charge in [-0.2, -0.15) is 0 Å². The van der Waals surface area contributed by atoms with E-state index in [0.29, 0.717) is 25.9 Å². The third-order valence-electron chi connectivity index (χ3n) is 5.18. The number of nitrogens with zero attached hydrogens (tertiary/aromatic N) is 1. The number of urea groups is 1. The van der Waals surface area contributed by atoms with Crippen molar-refractivity contribution in [1.29, 1.82) is 0 Å². The van der Waals surface area contributed by atoms with Crippen LogP contribution in [0.1, 0.15) is 43.0 Å². The molecule has 6 heteroatoms. The molecule has 2 N–H and O–H groups in total. The van der Waals surface area contributed by atoms with Crippen molar-refractivity contribution in [3.63, 3.8) is 0 Å². The highest BCUT2D eigenvalue weighted by Crippen LogP contribution is 2.30. The van der Waals surface area contributed by atoms with Crippen molar-refractivity contribution in [2.75, 3.05) is 13.1 Å². The molecule has 1 saturated heterocycles. The van der Waals surface area contributed by atoms with Gasteiger partial charge in [0.05, 0.1) is 12.1 Å². The number of benzene rings is 2. The Kier molecular flexibility index (Phi) is 6.06. The number of piperidine rings is 1. The minimum absolute atomic E-state index is 0.100. The minimum Gasteiger partial charge on any atom is -0.388 e. The summed E-state index contributed by atoms with van der Waals surface area (Å²) < 4.78 is 26.9. The SMILES string of the molecule is CC(NC(=O)N1CCC(C(O)c2ccccc2)CC1)c1ccc(F)cc1F. The molecule has 0 aromatic heterocycles. The van der Waals surface area contributed by atoms with Gasteiger partial charge in [-0.3, -0.25) is 0 Å². The molecule has 0 bridgehead atoms. The highest BCUT2D eigenvalue weighted by molar-refractivity contribution is 5.74. The second-order valence-electron chi connectivity index (χ2n) is 7.02. The molecule has 0 spiro atoms. The summed E-state index contributed by atoms with van der Waals surface area (Å²) in [5.41, 5.74) is 1.14. The number of aliphatic hydroxyl groups excluding tert-OH is 1. The van der Waals surface area contributed by atoms with Crippen LogP contribution in [0.5, 0.6) is 0 Å². The molecule has 0 aliphatic carbocycles. The molecular weight excluding hydrogens is 350 g/mol. The molecule has 0 saturated carbocycles. The van der Waals surface area contributed by atoms with Crippen LogP contribution in [0, 0.1) is 17.6 Å². The average Bonchev–Trinajstić information content (AvgIpc) is 2.68. The Bertz CT molecular complexity index is 777. The van der Waals surface area contributed by atoms with E-state index < -0.39 is 23.8 Å². The van der Waals surface area contributed by atoms with E-state index in [-0.39, 0.29) is 17.5 Å². The van der Waals surface area contributed by atoms with Gasteiger partial charge in [0.15, 0.2) is 0 Å². The molecule has 27 heavy (non-hydrogen) atoms. The number of carbonyl (C=O) groups excluding carboxylic acids is 1. The van der Waals surface area contributed by atoms with Crippen LogP contribution in [-0.2, 0) is 0 Å². The fraction of sp³-hybridized carbons (Fsp3) is 0.381. The first-order chi connectivity index (χ1) is 13.0. The number of amides is 2. The number of hydrogen-bond donors (Lipinski definition) is 2. The van der Waals surface area contributed by atoms with Gasteiger partial charge in [-0.05, 0) is 37.3 Å². The van der Waals surface area contributed by atoms with Gasteiger partial charge in [0.25, 0.3) is 0 Å². The lowest BCUT2D eigenvalue weighted by atomic mass is 9.87. The third-order valence-corrected chi connectivity index (χ3v) is 5.18. The van der Waals surface area contributed by atoms with Crippen LogP contribution >= 0.6 is 0 Å². The maximum atomic E-state index is 13.9. The molecule has 2 unspecified atom stereocenters.